The molecule has 2 aromatic rings. The zero-order valence-corrected chi connectivity index (χ0v) is 10.6. The zero-order chi connectivity index (χ0) is 13.6. The van der Waals surface area contributed by atoms with Gasteiger partial charge in [0.05, 0.1) is 30.2 Å². The van der Waals surface area contributed by atoms with E-state index in [0.717, 1.165) is 11.3 Å². The van der Waals surface area contributed by atoms with E-state index >= 15 is 0 Å². The lowest BCUT2D eigenvalue weighted by atomic mass is 10.1. The summed E-state index contributed by atoms with van der Waals surface area (Å²) in [7, 11) is 0. The van der Waals surface area contributed by atoms with Crippen LogP contribution in [0.15, 0.2) is 11.0 Å². The molecule has 0 bridgehead atoms. The second-order valence-corrected chi connectivity index (χ2v) is 5.41. The molecule has 0 amide bonds. The molecule has 0 radical (unpaired) electrons. The van der Waals surface area contributed by atoms with E-state index in [2.05, 4.69) is 9.97 Å². The van der Waals surface area contributed by atoms with Gasteiger partial charge in [-0.05, 0) is 0 Å². The Morgan fingerprint density at radius 3 is 3.16 bits per heavy atom. The summed E-state index contributed by atoms with van der Waals surface area (Å²) in [4.78, 5) is 19.5. The van der Waals surface area contributed by atoms with Crippen LogP contribution in [0.3, 0.4) is 0 Å². The third kappa shape index (κ3) is 1.91. The summed E-state index contributed by atoms with van der Waals surface area (Å²) >= 11 is 0.930. The van der Waals surface area contributed by atoms with Gasteiger partial charge in [-0.1, -0.05) is 11.3 Å². The molecule has 102 valence electrons. The van der Waals surface area contributed by atoms with Gasteiger partial charge in [0.25, 0.3) is 0 Å². The lowest BCUT2D eigenvalue weighted by molar-refractivity contribution is -0.0428. The van der Waals surface area contributed by atoms with Crippen LogP contribution in [0.2, 0.25) is 0 Å². The van der Waals surface area contributed by atoms with E-state index in [1.165, 1.54) is 10.8 Å². The highest BCUT2D eigenvalue weighted by molar-refractivity contribution is 7.16. The lowest BCUT2D eigenvalue weighted by Gasteiger charge is -2.22. The number of fused-ring (bicyclic) bond motifs is 1. The number of nitrogens with zero attached hydrogens (tertiary/aromatic N) is 3. The van der Waals surface area contributed by atoms with Crippen LogP contribution in [0.1, 0.15) is 6.42 Å². The fraction of sp³-hybridized carbons (Fsp3) is 0.500. The molecule has 0 spiro atoms. The minimum atomic E-state index is -1.51. The van der Waals surface area contributed by atoms with Crippen LogP contribution in [0, 0.1) is 0 Å². The van der Waals surface area contributed by atoms with E-state index in [-0.39, 0.29) is 36.1 Å². The van der Waals surface area contributed by atoms with Gasteiger partial charge in [0, 0.05) is 6.42 Å². The zero-order valence-electron chi connectivity index (χ0n) is 9.81. The largest absolute Gasteiger partial charge is 0.394 e. The summed E-state index contributed by atoms with van der Waals surface area (Å²) in [5.74, 6) is 0.0280. The van der Waals surface area contributed by atoms with Crippen LogP contribution in [0.25, 0.3) is 10.3 Å². The van der Waals surface area contributed by atoms with Gasteiger partial charge < -0.3 is 20.7 Å². The summed E-state index contributed by atoms with van der Waals surface area (Å²) in [5.41, 5.74) is 4.29. The Bertz CT molecular complexity index is 684. The summed E-state index contributed by atoms with van der Waals surface area (Å²) in [5, 5.41) is 19.6. The highest BCUT2D eigenvalue weighted by atomic mass is 32.1. The van der Waals surface area contributed by atoms with Crippen LogP contribution >= 0.6 is 11.3 Å². The molecule has 0 unspecified atom stereocenters. The number of aliphatic hydroxyl groups excluding tert-OH is 1. The first-order chi connectivity index (χ1) is 9.03. The first kappa shape index (κ1) is 12.5. The van der Waals surface area contributed by atoms with Crippen molar-refractivity contribution >= 4 is 27.6 Å². The smallest absolute Gasteiger partial charge is 0.311 e. The minimum absolute atomic E-state index is 0.0280. The maximum absolute atomic E-state index is 12.0. The Kier molecular flexibility index (Phi) is 2.78. The van der Waals surface area contributed by atoms with Crippen molar-refractivity contribution in [2.24, 2.45) is 0 Å². The van der Waals surface area contributed by atoms with E-state index in [0.29, 0.717) is 4.70 Å². The Balaban J connectivity index is 2.17. The highest BCUT2D eigenvalue weighted by Crippen LogP contribution is 2.31. The van der Waals surface area contributed by atoms with Crippen LogP contribution in [-0.2, 0) is 10.5 Å². The van der Waals surface area contributed by atoms with Crippen molar-refractivity contribution in [1.82, 2.24) is 14.5 Å². The Labute approximate surface area is 111 Å². The highest BCUT2D eigenvalue weighted by Gasteiger charge is 2.42. The molecule has 1 saturated heterocycles. The van der Waals surface area contributed by atoms with Crippen molar-refractivity contribution in [2.45, 2.75) is 18.2 Å². The second-order valence-electron chi connectivity index (χ2n) is 4.42. The predicted molar refractivity (Wildman–Crippen MR) is 67.7 cm³/mol. The van der Waals surface area contributed by atoms with Crippen LogP contribution in [0.5, 0.6) is 0 Å². The fourth-order valence-electron chi connectivity index (χ4n) is 2.21. The molecule has 0 aliphatic carbocycles. The van der Waals surface area contributed by atoms with Gasteiger partial charge in [0.15, 0.2) is 11.4 Å². The average molecular weight is 284 g/mol. The maximum atomic E-state index is 12.0. The molecule has 0 aromatic carbocycles. The van der Waals surface area contributed by atoms with Crippen molar-refractivity contribution in [2.75, 3.05) is 18.9 Å². The van der Waals surface area contributed by atoms with Gasteiger partial charge in [-0.15, -0.1) is 0 Å². The monoisotopic (exact) mass is 284 g/mol. The number of aliphatic hydroxyl groups is 2. The molecular weight excluding hydrogens is 272 g/mol. The van der Waals surface area contributed by atoms with Gasteiger partial charge in [-0.3, -0.25) is 9.36 Å². The number of hydrogen-bond donors (Lipinski definition) is 3. The molecule has 0 saturated carbocycles. The van der Waals surface area contributed by atoms with Gasteiger partial charge in [-0.25, -0.2) is 4.98 Å². The van der Waals surface area contributed by atoms with E-state index in [4.69, 9.17) is 15.6 Å². The summed E-state index contributed by atoms with van der Waals surface area (Å²) < 4.78 is 6.96. The van der Waals surface area contributed by atoms with Crippen LogP contribution in [0.4, 0.5) is 5.95 Å². The molecule has 2 atom stereocenters. The van der Waals surface area contributed by atoms with Gasteiger partial charge in [0.1, 0.15) is 0 Å². The number of hydrogen-bond acceptors (Lipinski definition) is 8. The number of anilines is 1. The number of nitrogens with two attached hydrogens (primary N) is 1. The van der Waals surface area contributed by atoms with Crippen molar-refractivity contribution in [3.8, 4) is 0 Å². The second kappa shape index (κ2) is 4.23. The van der Waals surface area contributed by atoms with Gasteiger partial charge in [0.2, 0.25) is 5.95 Å². The molecule has 19 heavy (non-hydrogen) atoms. The first-order valence-corrected chi connectivity index (χ1v) is 6.44. The normalized spacial score (nSPS) is 27.2. The Morgan fingerprint density at radius 1 is 1.68 bits per heavy atom. The number of rotatable bonds is 2. The van der Waals surface area contributed by atoms with Crippen molar-refractivity contribution in [1.29, 1.82) is 0 Å². The minimum Gasteiger partial charge on any atom is -0.394 e. The van der Waals surface area contributed by atoms with E-state index in [9.17, 15) is 9.90 Å². The van der Waals surface area contributed by atoms with Crippen molar-refractivity contribution < 1.29 is 14.9 Å². The van der Waals surface area contributed by atoms with Gasteiger partial charge >= 0.3 is 4.87 Å². The number of nitrogen functional groups attached to an aromatic ring is 1. The summed E-state index contributed by atoms with van der Waals surface area (Å²) in [6, 6.07) is 0. The Hall–Kier alpha value is -1.55. The van der Waals surface area contributed by atoms with E-state index < -0.39 is 11.8 Å². The molecule has 3 rings (SSSR count). The molecule has 2 aromatic heterocycles. The van der Waals surface area contributed by atoms with Crippen molar-refractivity contribution in [3.05, 3.63) is 15.9 Å². The molecule has 1 aliphatic rings. The van der Waals surface area contributed by atoms with E-state index in [1.54, 1.807) is 0 Å². The first-order valence-electron chi connectivity index (χ1n) is 5.63. The van der Waals surface area contributed by atoms with Crippen LogP contribution in [-0.4, -0.2) is 44.1 Å². The topological polar surface area (TPSA) is 123 Å². The lowest BCUT2D eigenvalue weighted by Crippen LogP contribution is -2.40. The van der Waals surface area contributed by atoms with Crippen molar-refractivity contribution in [3.63, 3.8) is 0 Å². The summed E-state index contributed by atoms with van der Waals surface area (Å²) in [6.07, 6.45) is 1.08. The quantitative estimate of drug-likeness (QED) is 0.637. The standard InChI is InChI=1S/C10H12N4O4S/c11-8-12-2-6-7(13-8)14(9(16)19-6)10(17)1-5(3-15)18-4-10/h2,5,15,17H,1,3-4H2,(H2,11,12,13)/t5-,10-/m0/s1. The Morgan fingerprint density at radius 2 is 2.47 bits per heavy atom. The van der Waals surface area contributed by atoms with Crippen LogP contribution < -0.4 is 10.6 Å². The number of ether oxygens (including phenoxy) is 1. The molecule has 8 nitrogen and oxygen atoms in total. The average Bonchev–Trinajstić information content (AvgIpc) is 2.89. The number of aromatic nitrogens is 3. The third-order valence-corrected chi connectivity index (χ3v) is 3.94. The van der Waals surface area contributed by atoms with E-state index in [1.807, 2.05) is 0 Å². The third-order valence-electron chi connectivity index (χ3n) is 3.07. The molecule has 4 N–H and O–H groups in total. The molecule has 1 aliphatic heterocycles. The molecule has 1 fully saturated rings. The summed E-state index contributed by atoms with van der Waals surface area (Å²) in [6.45, 7) is -0.288. The van der Waals surface area contributed by atoms with Gasteiger partial charge in [-0.2, -0.15) is 4.98 Å². The molecule has 9 heteroatoms. The molecular formula is C10H12N4O4S. The maximum Gasteiger partial charge on any atom is 0.311 e. The predicted octanol–water partition coefficient (Wildman–Crippen LogP) is -1.14. The SMILES string of the molecule is Nc1ncc2sc(=O)n([C@@]3(O)CO[C@H](CO)C3)c2n1. The molecule has 3 heterocycles. The fourth-order valence-corrected chi connectivity index (χ4v) is 3.08. The number of thiazole rings is 1.